The Hall–Kier alpha value is -0.650. The summed E-state index contributed by atoms with van der Waals surface area (Å²) < 4.78 is 0. The van der Waals surface area contributed by atoms with Crippen molar-refractivity contribution in [2.75, 3.05) is 32.1 Å². The Balaban J connectivity index is 2.03. The molecule has 0 radical (unpaired) electrons. The van der Waals surface area contributed by atoms with Crippen molar-refractivity contribution in [3.8, 4) is 0 Å². The highest BCUT2D eigenvalue weighted by atomic mass is 32.1. The van der Waals surface area contributed by atoms with E-state index in [2.05, 4.69) is 50.0 Å². The van der Waals surface area contributed by atoms with E-state index in [0.717, 1.165) is 19.6 Å². The Morgan fingerprint density at radius 3 is 2.85 bits per heavy atom. The van der Waals surface area contributed by atoms with Crippen molar-refractivity contribution in [2.24, 2.45) is 0 Å². The molecule has 1 fully saturated rings. The first kappa shape index (κ1) is 15.7. The van der Waals surface area contributed by atoms with Gasteiger partial charge in [-0.25, -0.2) is 4.98 Å². The van der Waals surface area contributed by atoms with Crippen LogP contribution in [0.3, 0.4) is 0 Å². The largest absolute Gasteiger partial charge is 0.347 e. The average molecular weight is 296 g/mol. The van der Waals surface area contributed by atoms with Crippen LogP contribution in [0.15, 0.2) is 0 Å². The number of anilines is 1. The third kappa shape index (κ3) is 3.93. The van der Waals surface area contributed by atoms with Crippen molar-refractivity contribution < 1.29 is 0 Å². The van der Waals surface area contributed by atoms with E-state index in [-0.39, 0.29) is 0 Å². The van der Waals surface area contributed by atoms with Crippen LogP contribution in [0, 0.1) is 6.92 Å². The van der Waals surface area contributed by atoms with Crippen LogP contribution in [0.5, 0.6) is 0 Å². The third-order valence-electron chi connectivity index (χ3n) is 3.95. The minimum absolute atomic E-state index is 0.521. The summed E-state index contributed by atoms with van der Waals surface area (Å²) >= 11 is 1.86. The molecule has 2 heterocycles. The Morgan fingerprint density at radius 1 is 1.45 bits per heavy atom. The predicted molar refractivity (Wildman–Crippen MR) is 87.7 cm³/mol. The van der Waals surface area contributed by atoms with E-state index < -0.39 is 0 Å². The lowest BCUT2D eigenvalue weighted by Crippen LogP contribution is -2.45. The SMILES string of the molecule is Cc1nc(N2CCCC(N(C)C)C2)sc1CNC(C)C. The first-order valence-electron chi connectivity index (χ1n) is 7.58. The van der Waals surface area contributed by atoms with Gasteiger partial charge < -0.3 is 15.1 Å². The minimum Gasteiger partial charge on any atom is -0.347 e. The molecular weight excluding hydrogens is 268 g/mol. The van der Waals surface area contributed by atoms with Gasteiger partial charge in [-0.05, 0) is 33.9 Å². The van der Waals surface area contributed by atoms with Crippen molar-refractivity contribution in [3.05, 3.63) is 10.6 Å². The van der Waals surface area contributed by atoms with Gasteiger partial charge in [0.25, 0.3) is 0 Å². The molecule has 1 aromatic heterocycles. The van der Waals surface area contributed by atoms with E-state index >= 15 is 0 Å². The van der Waals surface area contributed by atoms with Crippen LogP contribution in [-0.4, -0.2) is 49.2 Å². The van der Waals surface area contributed by atoms with E-state index in [1.54, 1.807) is 0 Å². The number of likely N-dealkylation sites (N-methyl/N-ethyl adjacent to an activating group) is 1. The molecule has 1 atom stereocenters. The highest BCUT2D eigenvalue weighted by Gasteiger charge is 2.24. The van der Waals surface area contributed by atoms with Gasteiger partial charge in [0.15, 0.2) is 5.13 Å². The van der Waals surface area contributed by atoms with E-state index in [1.165, 1.54) is 28.5 Å². The number of rotatable bonds is 5. The number of hydrogen-bond acceptors (Lipinski definition) is 5. The molecule has 1 saturated heterocycles. The molecule has 0 aliphatic carbocycles. The van der Waals surface area contributed by atoms with Gasteiger partial charge in [0.1, 0.15) is 0 Å². The molecule has 20 heavy (non-hydrogen) atoms. The fraction of sp³-hybridized carbons (Fsp3) is 0.800. The number of thiazole rings is 1. The van der Waals surface area contributed by atoms with Crippen LogP contribution in [0.2, 0.25) is 0 Å². The molecule has 1 aliphatic rings. The summed E-state index contributed by atoms with van der Waals surface area (Å²) in [6.07, 6.45) is 2.57. The van der Waals surface area contributed by atoms with Crippen LogP contribution in [0.4, 0.5) is 5.13 Å². The molecule has 1 unspecified atom stereocenters. The smallest absolute Gasteiger partial charge is 0.185 e. The summed E-state index contributed by atoms with van der Waals surface area (Å²) in [5.74, 6) is 0. The van der Waals surface area contributed by atoms with Gasteiger partial charge in [0.2, 0.25) is 0 Å². The van der Waals surface area contributed by atoms with Crippen LogP contribution >= 0.6 is 11.3 Å². The predicted octanol–water partition coefficient (Wildman–Crippen LogP) is 2.48. The second-order valence-electron chi connectivity index (χ2n) is 6.25. The third-order valence-corrected chi connectivity index (χ3v) is 5.17. The number of hydrogen-bond donors (Lipinski definition) is 1. The highest BCUT2D eigenvalue weighted by Crippen LogP contribution is 2.29. The van der Waals surface area contributed by atoms with Crippen LogP contribution < -0.4 is 10.2 Å². The maximum absolute atomic E-state index is 4.79. The van der Waals surface area contributed by atoms with Gasteiger partial charge in [-0.3, -0.25) is 0 Å². The molecule has 0 amide bonds. The molecule has 114 valence electrons. The van der Waals surface area contributed by atoms with Gasteiger partial charge in [-0.15, -0.1) is 11.3 Å². The number of aryl methyl sites for hydroxylation is 1. The Labute approximate surface area is 127 Å². The lowest BCUT2D eigenvalue weighted by Gasteiger charge is -2.35. The number of nitrogens with zero attached hydrogens (tertiary/aromatic N) is 3. The summed E-state index contributed by atoms with van der Waals surface area (Å²) in [7, 11) is 4.36. The van der Waals surface area contributed by atoms with Gasteiger partial charge in [-0.1, -0.05) is 13.8 Å². The molecule has 0 spiro atoms. The van der Waals surface area contributed by atoms with Crippen molar-refractivity contribution in [1.29, 1.82) is 0 Å². The summed E-state index contributed by atoms with van der Waals surface area (Å²) in [5.41, 5.74) is 1.19. The van der Waals surface area contributed by atoms with Gasteiger partial charge >= 0.3 is 0 Å². The van der Waals surface area contributed by atoms with E-state index in [4.69, 9.17) is 4.98 Å². The molecule has 0 aromatic carbocycles. The number of nitrogens with one attached hydrogen (secondary N) is 1. The quantitative estimate of drug-likeness (QED) is 0.904. The molecule has 1 aliphatic heterocycles. The number of aromatic nitrogens is 1. The normalized spacial score (nSPS) is 20.1. The summed E-state index contributed by atoms with van der Waals surface area (Å²) in [6.45, 7) is 9.69. The Bertz CT molecular complexity index is 428. The van der Waals surface area contributed by atoms with Gasteiger partial charge in [0, 0.05) is 36.6 Å². The summed E-state index contributed by atoms with van der Waals surface area (Å²) in [5, 5.41) is 4.69. The van der Waals surface area contributed by atoms with Crippen molar-refractivity contribution in [3.63, 3.8) is 0 Å². The number of piperidine rings is 1. The zero-order valence-electron chi connectivity index (χ0n) is 13.4. The fourth-order valence-corrected chi connectivity index (χ4v) is 3.61. The van der Waals surface area contributed by atoms with Gasteiger partial charge in [-0.2, -0.15) is 0 Å². The highest BCUT2D eigenvalue weighted by molar-refractivity contribution is 7.15. The monoisotopic (exact) mass is 296 g/mol. The lowest BCUT2D eigenvalue weighted by atomic mass is 10.1. The molecule has 1 aromatic rings. The average Bonchev–Trinajstić information content (AvgIpc) is 2.78. The fourth-order valence-electron chi connectivity index (χ4n) is 2.56. The lowest BCUT2D eigenvalue weighted by molar-refractivity contribution is 0.258. The zero-order chi connectivity index (χ0) is 14.7. The molecule has 0 saturated carbocycles. The summed E-state index contributed by atoms with van der Waals surface area (Å²) in [4.78, 5) is 11.0. The molecule has 4 nitrogen and oxygen atoms in total. The van der Waals surface area contributed by atoms with E-state index in [1.807, 2.05) is 11.3 Å². The second kappa shape index (κ2) is 6.87. The zero-order valence-corrected chi connectivity index (χ0v) is 14.3. The van der Waals surface area contributed by atoms with Crippen LogP contribution in [-0.2, 0) is 6.54 Å². The molecule has 0 bridgehead atoms. The topological polar surface area (TPSA) is 31.4 Å². The molecule has 1 N–H and O–H groups in total. The van der Waals surface area contributed by atoms with Crippen molar-refractivity contribution in [2.45, 2.75) is 52.2 Å². The molecule has 5 heteroatoms. The van der Waals surface area contributed by atoms with Crippen LogP contribution in [0.1, 0.15) is 37.3 Å². The van der Waals surface area contributed by atoms with E-state index in [9.17, 15) is 0 Å². The van der Waals surface area contributed by atoms with E-state index in [0.29, 0.717) is 12.1 Å². The Morgan fingerprint density at radius 2 is 2.20 bits per heavy atom. The maximum atomic E-state index is 4.79. The van der Waals surface area contributed by atoms with Crippen molar-refractivity contribution >= 4 is 16.5 Å². The van der Waals surface area contributed by atoms with Crippen LogP contribution in [0.25, 0.3) is 0 Å². The first-order valence-corrected chi connectivity index (χ1v) is 8.40. The Kier molecular flexibility index (Phi) is 5.41. The van der Waals surface area contributed by atoms with Gasteiger partial charge in [0.05, 0.1) is 5.69 Å². The molecular formula is C15H28N4S. The molecule has 2 rings (SSSR count). The minimum atomic E-state index is 0.521. The maximum Gasteiger partial charge on any atom is 0.185 e. The standard InChI is InChI=1S/C15H28N4S/c1-11(2)16-9-14-12(3)17-15(20-14)19-8-6-7-13(10-19)18(4)5/h11,13,16H,6-10H2,1-5H3. The second-order valence-corrected chi connectivity index (χ2v) is 7.31. The first-order chi connectivity index (χ1) is 9.47. The van der Waals surface area contributed by atoms with Crippen molar-refractivity contribution in [1.82, 2.24) is 15.2 Å². The summed E-state index contributed by atoms with van der Waals surface area (Å²) in [6, 6.07) is 1.18.